The van der Waals surface area contributed by atoms with E-state index in [-0.39, 0.29) is 5.56 Å². The maximum absolute atomic E-state index is 12.0. The zero-order chi connectivity index (χ0) is 15.4. The van der Waals surface area contributed by atoms with Crippen LogP contribution in [0.2, 0.25) is 0 Å². The van der Waals surface area contributed by atoms with Crippen molar-refractivity contribution in [1.82, 2.24) is 4.98 Å². The smallest absolute Gasteiger partial charge is 0.289 e. The summed E-state index contributed by atoms with van der Waals surface area (Å²) in [6, 6.07) is 5.85. The number of aromatic nitrogens is 1. The number of benzene rings is 1. The van der Waals surface area contributed by atoms with E-state index in [1.54, 1.807) is 0 Å². The van der Waals surface area contributed by atoms with Crippen LogP contribution in [0.4, 0.5) is 17.1 Å². The molecule has 1 N–H and O–H groups in total. The largest absolute Gasteiger partial charge is 0.322 e. The first kappa shape index (κ1) is 14.1. The molecular formula is C12H8N4O5. The Bertz CT molecular complexity index is 717. The van der Waals surface area contributed by atoms with Crippen LogP contribution in [-0.4, -0.2) is 20.7 Å². The van der Waals surface area contributed by atoms with Crippen LogP contribution in [0.15, 0.2) is 42.7 Å². The number of rotatable bonds is 4. The normalized spacial score (nSPS) is 9.90. The highest BCUT2D eigenvalue weighted by atomic mass is 16.6. The maximum atomic E-state index is 12.0. The monoisotopic (exact) mass is 288 g/mol. The molecule has 9 heteroatoms. The van der Waals surface area contributed by atoms with Crippen LogP contribution in [0.3, 0.4) is 0 Å². The van der Waals surface area contributed by atoms with Crippen LogP contribution in [0.1, 0.15) is 10.4 Å². The highest BCUT2D eigenvalue weighted by molar-refractivity contribution is 6.07. The predicted octanol–water partition coefficient (Wildman–Crippen LogP) is 2.15. The number of nitro benzene ring substituents is 2. The van der Waals surface area contributed by atoms with Crippen molar-refractivity contribution in [1.29, 1.82) is 0 Å². The van der Waals surface area contributed by atoms with E-state index in [2.05, 4.69) is 10.3 Å². The third kappa shape index (κ3) is 3.15. The Hall–Kier alpha value is -3.36. The van der Waals surface area contributed by atoms with Crippen LogP contribution >= 0.6 is 0 Å². The molecule has 1 amide bonds. The Labute approximate surface area is 117 Å². The summed E-state index contributed by atoms with van der Waals surface area (Å²) in [5.41, 5.74) is -0.942. The molecule has 21 heavy (non-hydrogen) atoms. The highest BCUT2D eigenvalue weighted by Crippen LogP contribution is 2.25. The van der Waals surface area contributed by atoms with E-state index in [0.29, 0.717) is 5.69 Å². The maximum Gasteiger partial charge on any atom is 0.289 e. The number of nitrogens with one attached hydrogen (secondary N) is 1. The van der Waals surface area contributed by atoms with Gasteiger partial charge >= 0.3 is 0 Å². The summed E-state index contributed by atoms with van der Waals surface area (Å²) >= 11 is 0. The molecule has 2 rings (SSSR count). The minimum Gasteiger partial charge on any atom is -0.322 e. The van der Waals surface area contributed by atoms with Crippen molar-refractivity contribution in [3.05, 3.63) is 68.5 Å². The van der Waals surface area contributed by atoms with Crippen LogP contribution < -0.4 is 5.32 Å². The van der Waals surface area contributed by atoms with Gasteiger partial charge in [-0.15, -0.1) is 0 Å². The van der Waals surface area contributed by atoms with Crippen molar-refractivity contribution in [2.75, 3.05) is 5.32 Å². The molecule has 1 heterocycles. The molecule has 9 nitrogen and oxygen atoms in total. The fourth-order valence-electron chi connectivity index (χ4n) is 1.61. The van der Waals surface area contributed by atoms with Gasteiger partial charge in [0.2, 0.25) is 0 Å². The summed E-state index contributed by atoms with van der Waals surface area (Å²) in [5, 5.41) is 24.0. The Morgan fingerprint density at radius 2 is 1.71 bits per heavy atom. The summed E-state index contributed by atoms with van der Waals surface area (Å²) < 4.78 is 0. The first-order valence-corrected chi connectivity index (χ1v) is 5.63. The van der Waals surface area contributed by atoms with Crippen molar-refractivity contribution in [3.8, 4) is 0 Å². The number of carbonyl (C=O) groups is 1. The van der Waals surface area contributed by atoms with Crippen molar-refractivity contribution >= 4 is 23.0 Å². The summed E-state index contributed by atoms with van der Waals surface area (Å²) in [6.07, 6.45) is 2.89. The van der Waals surface area contributed by atoms with Gasteiger partial charge in [0.1, 0.15) is 5.56 Å². The molecule has 0 unspecified atom stereocenters. The van der Waals surface area contributed by atoms with E-state index in [1.165, 1.54) is 24.5 Å². The third-order valence-electron chi connectivity index (χ3n) is 2.57. The van der Waals surface area contributed by atoms with Crippen molar-refractivity contribution in [2.45, 2.75) is 0 Å². The lowest BCUT2D eigenvalue weighted by Gasteiger charge is -2.05. The number of nitro groups is 2. The Morgan fingerprint density at radius 3 is 2.29 bits per heavy atom. The minimum atomic E-state index is -0.839. The van der Waals surface area contributed by atoms with E-state index in [9.17, 15) is 25.0 Å². The van der Waals surface area contributed by atoms with Gasteiger partial charge in [0, 0.05) is 24.1 Å². The Balaban J connectivity index is 2.36. The molecule has 0 aliphatic heterocycles. The van der Waals surface area contributed by atoms with E-state index < -0.39 is 27.1 Å². The molecule has 0 aliphatic rings. The first-order chi connectivity index (χ1) is 9.99. The highest BCUT2D eigenvalue weighted by Gasteiger charge is 2.24. The van der Waals surface area contributed by atoms with Gasteiger partial charge in [-0.05, 0) is 18.2 Å². The average Bonchev–Trinajstić information content (AvgIpc) is 2.47. The standard InChI is InChI=1S/C12H8N4O5/c17-12(14-8-3-5-13-6-4-8)10-2-1-9(15(18)19)7-11(10)16(20)21/h1-7H,(H,13,14,17). The SMILES string of the molecule is O=C(Nc1ccncc1)c1ccc([N+](=O)[O-])cc1[N+](=O)[O-]. The topological polar surface area (TPSA) is 128 Å². The number of hydrogen-bond donors (Lipinski definition) is 1. The second kappa shape index (κ2) is 5.74. The summed E-state index contributed by atoms with van der Waals surface area (Å²) in [4.78, 5) is 35.7. The molecule has 0 radical (unpaired) electrons. The Morgan fingerprint density at radius 1 is 1.05 bits per heavy atom. The van der Waals surface area contributed by atoms with Crippen LogP contribution in [0.5, 0.6) is 0 Å². The van der Waals surface area contributed by atoms with E-state index in [4.69, 9.17) is 0 Å². The van der Waals surface area contributed by atoms with E-state index in [1.807, 2.05) is 0 Å². The summed E-state index contributed by atoms with van der Waals surface area (Å²) in [7, 11) is 0. The van der Waals surface area contributed by atoms with Gasteiger partial charge in [-0.1, -0.05) is 0 Å². The molecule has 106 valence electrons. The molecule has 0 atom stereocenters. The van der Waals surface area contributed by atoms with Gasteiger partial charge in [0.25, 0.3) is 17.3 Å². The molecule has 0 saturated heterocycles. The van der Waals surface area contributed by atoms with Crippen molar-refractivity contribution in [3.63, 3.8) is 0 Å². The summed E-state index contributed by atoms with van der Waals surface area (Å²) in [5.74, 6) is -0.734. The second-order valence-electron chi connectivity index (χ2n) is 3.91. The lowest BCUT2D eigenvalue weighted by atomic mass is 10.1. The van der Waals surface area contributed by atoms with Gasteiger partial charge in [-0.25, -0.2) is 0 Å². The molecule has 0 fully saturated rings. The van der Waals surface area contributed by atoms with Gasteiger partial charge < -0.3 is 5.32 Å². The lowest BCUT2D eigenvalue weighted by Crippen LogP contribution is -2.14. The third-order valence-corrected chi connectivity index (χ3v) is 2.57. The van der Waals surface area contributed by atoms with Gasteiger partial charge in [-0.3, -0.25) is 30.0 Å². The average molecular weight is 288 g/mol. The summed E-state index contributed by atoms with van der Waals surface area (Å²) in [6.45, 7) is 0. The van der Waals surface area contributed by atoms with Crippen LogP contribution in [-0.2, 0) is 0 Å². The Kier molecular flexibility index (Phi) is 3.84. The molecule has 0 aliphatic carbocycles. The fraction of sp³-hybridized carbons (Fsp3) is 0. The lowest BCUT2D eigenvalue weighted by molar-refractivity contribution is -0.394. The fourth-order valence-corrected chi connectivity index (χ4v) is 1.61. The van der Waals surface area contributed by atoms with Gasteiger partial charge in [-0.2, -0.15) is 0 Å². The quantitative estimate of drug-likeness (QED) is 0.677. The molecule has 0 saturated carbocycles. The molecular weight excluding hydrogens is 280 g/mol. The van der Waals surface area contributed by atoms with Gasteiger partial charge in [0.15, 0.2) is 0 Å². The number of amides is 1. The molecule has 1 aromatic heterocycles. The molecule has 1 aromatic carbocycles. The van der Waals surface area contributed by atoms with Crippen LogP contribution in [0.25, 0.3) is 0 Å². The van der Waals surface area contributed by atoms with Crippen molar-refractivity contribution in [2.24, 2.45) is 0 Å². The number of non-ortho nitro benzene ring substituents is 1. The molecule has 0 spiro atoms. The number of carbonyl (C=O) groups excluding carboxylic acids is 1. The number of pyridine rings is 1. The second-order valence-corrected chi connectivity index (χ2v) is 3.91. The predicted molar refractivity (Wildman–Crippen MR) is 71.9 cm³/mol. The van der Waals surface area contributed by atoms with Crippen LogP contribution in [0, 0.1) is 20.2 Å². The first-order valence-electron chi connectivity index (χ1n) is 5.63. The number of anilines is 1. The van der Waals surface area contributed by atoms with E-state index in [0.717, 1.165) is 18.2 Å². The number of hydrogen-bond acceptors (Lipinski definition) is 6. The zero-order valence-corrected chi connectivity index (χ0v) is 10.4. The minimum absolute atomic E-state index is 0.262. The number of nitrogens with zero attached hydrogens (tertiary/aromatic N) is 3. The van der Waals surface area contributed by atoms with E-state index >= 15 is 0 Å². The molecule has 2 aromatic rings. The van der Waals surface area contributed by atoms with Crippen molar-refractivity contribution < 1.29 is 14.6 Å². The zero-order valence-electron chi connectivity index (χ0n) is 10.4. The molecule has 0 bridgehead atoms. The van der Waals surface area contributed by atoms with Gasteiger partial charge in [0.05, 0.1) is 15.9 Å².